The number of nitrogen functional groups attached to an aromatic ring is 2. The number of rotatable bonds is 7. The van der Waals surface area contributed by atoms with Crippen molar-refractivity contribution in [2.24, 2.45) is 0 Å². The van der Waals surface area contributed by atoms with E-state index in [4.69, 9.17) is 30.4 Å². The molecule has 3 aromatic rings. The lowest BCUT2D eigenvalue weighted by atomic mass is 9.97. The summed E-state index contributed by atoms with van der Waals surface area (Å²) in [6.45, 7) is 2.73. The molecule has 1 aliphatic heterocycles. The molecular formula is C25H28N4O4. The van der Waals surface area contributed by atoms with Gasteiger partial charge in [-0.3, -0.25) is 0 Å². The van der Waals surface area contributed by atoms with E-state index < -0.39 is 0 Å². The Morgan fingerprint density at radius 3 is 2.61 bits per heavy atom. The molecule has 0 spiro atoms. The highest BCUT2D eigenvalue weighted by Gasteiger charge is 2.24. The quantitative estimate of drug-likeness (QED) is 0.548. The van der Waals surface area contributed by atoms with E-state index >= 15 is 0 Å². The largest absolute Gasteiger partial charge is 0.493 e. The topological polar surface area (TPSA) is 115 Å². The zero-order valence-electron chi connectivity index (χ0n) is 18.7. The maximum absolute atomic E-state index is 6.56. The molecule has 5 rings (SSSR count). The van der Waals surface area contributed by atoms with Gasteiger partial charge in [-0.2, -0.15) is 4.98 Å². The minimum Gasteiger partial charge on any atom is -0.493 e. The van der Waals surface area contributed by atoms with E-state index in [1.807, 2.05) is 31.2 Å². The molecule has 8 heteroatoms. The first-order chi connectivity index (χ1) is 16.1. The van der Waals surface area contributed by atoms with Gasteiger partial charge in [-0.25, -0.2) is 4.98 Å². The maximum Gasteiger partial charge on any atom is 0.231 e. The number of benzene rings is 2. The average Bonchev–Trinajstić information content (AvgIpc) is 3.47. The predicted molar refractivity (Wildman–Crippen MR) is 126 cm³/mol. The Morgan fingerprint density at radius 2 is 1.82 bits per heavy atom. The Bertz CT molecular complexity index is 1160. The highest BCUT2D eigenvalue weighted by Crippen LogP contribution is 2.45. The summed E-state index contributed by atoms with van der Waals surface area (Å²) in [6, 6.07) is 10.0. The summed E-state index contributed by atoms with van der Waals surface area (Å²) in [6.07, 6.45) is 6.85. The van der Waals surface area contributed by atoms with Crippen LogP contribution in [0.15, 0.2) is 36.5 Å². The molecule has 0 amide bonds. The molecule has 2 aromatic carbocycles. The number of hydrogen-bond donors (Lipinski definition) is 2. The fraction of sp³-hybridized carbons (Fsp3) is 0.360. The fourth-order valence-corrected chi connectivity index (χ4v) is 4.42. The minimum atomic E-state index is 0.162. The van der Waals surface area contributed by atoms with Crippen LogP contribution in [-0.2, 0) is 6.42 Å². The maximum atomic E-state index is 6.56. The number of nitrogens with two attached hydrogens (primary N) is 2. The molecule has 172 valence electrons. The summed E-state index contributed by atoms with van der Waals surface area (Å²) in [5, 5.41) is 0. The van der Waals surface area contributed by atoms with Crippen LogP contribution in [0.4, 0.5) is 11.8 Å². The molecule has 0 bridgehead atoms. The molecule has 2 aliphatic rings. The molecule has 0 atom stereocenters. The molecule has 1 fully saturated rings. The van der Waals surface area contributed by atoms with Crippen LogP contribution < -0.4 is 30.4 Å². The third-order valence-corrected chi connectivity index (χ3v) is 5.99. The van der Waals surface area contributed by atoms with Gasteiger partial charge in [-0.1, -0.05) is 6.07 Å². The Labute approximate surface area is 192 Å². The van der Waals surface area contributed by atoms with Crippen molar-refractivity contribution in [2.75, 3.05) is 24.9 Å². The molecule has 8 nitrogen and oxygen atoms in total. The first-order valence-electron chi connectivity index (χ1n) is 11.3. The summed E-state index contributed by atoms with van der Waals surface area (Å²) in [5.74, 6) is 3.53. The number of hydrogen-bond acceptors (Lipinski definition) is 8. The molecular weight excluding hydrogens is 420 g/mol. The summed E-state index contributed by atoms with van der Waals surface area (Å²) in [5.41, 5.74) is 15.4. The van der Waals surface area contributed by atoms with Gasteiger partial charge in [0.2, 0.25) is 12.7 Å². The highest BCUT2D eigenvalue weighted by atomic mass is 16.7. The van der Waals surface area contributed by atoms with Crippen molar-refractivity contribution in [3.63, 3.8) is 0 Å². The molecule has 4 N–H and O–H groups in total. The normalized spacial score (nSPS) is 15.1. The van der Waals surface area contributed by atoms with Crippen molar-refractivity contribution < 1.29 is 18.9 Å². The molecule has 0 saturated heterocycles. The van der Waals surface area contributed by atoms with E-state index in [-0.39, 0.29) is 18.8 Å². The molecule has 1 aliphatic carbocycles. The summed E-state index contributed by atoms with van der Waals surface area (Å²) in [4.78, 5) is 8.19. The first-order valence-corrected chi connectivity index (χ1v) is 11.3. The van der Waals surface area contributed by atoms with Gasteiger partial charge in [0, 0.05) is 18.2 Å². The van der Waals surface area contributed by atoms with E-state index in [1.165, 1.54) is 12.8 Å². The van der Waals surface area contributed by atoms with Crippen LogP contribution in [0.25, 0.3) is 11.1 Å². The van der Waals surface area contributed by atoms with Crippen LogP contribution in [-0.4, -0.2) is 29.5 Å². The molecule has 0 unspecified atom stereocenters. The van der Waals surface area contributed by atoms with Gasteiger partial charge in [0.05, 0.1) is 18.3 Å². The standard InChI is InChI=1S/C25H28N4O4/c1-2-30-21-10-15(9-17-13-28-25(27)29-24(17)26)11-22(33-18-5-3-4-6-18)23(21)16-7-8-19-20(12-16)32-14-31-19/h7-8,10-13,18H,2-6,9,14H2,1H3,(H4,26,27,28,29). The van der Waals surface area contributed by atoms with Crippen molar-refractivity contribution >= 4 is 11.8 Å². The molecule has 1 saturated carbocycles. The van der Waals surface area contributed by atoms with Crippen LogP contribution in [0.3, 0.4) is 0 Å². The molecule has 33 heavy (non-hydrogen) atoms. The number of anilines is 2. The summed E-state index contributed by atoms with van der Waals surface area (Å²) in [7, 11) is 0. The monoisotopic (exact) mass is 448 g/mol. The van der Waals surface area contributed by atoms with Gasteiger partial charge in [-0.15, -0.1) is 0 Å². The Balaban J connectivity index is 1.59. The van der Waals surface area contributed by atoms with Gasteiger partial charge in [0.15, 0.2) is 11.5 Å². The third kappa shape index (κ3) is 4.46. The van der Waals surface area contributed by atoms with Crippen LogP contribution in [0.5, 0.6) is 23.0 Å². The van der Waals surface area contributed by atoms with Crippen LogP contribution in [0.2, 0.25) is 0 Å². The van der Waals surface area contributed by atoms with E-state index in [0.717, 1.165) is 58.1 Å². The van der Waals surface area contributed by atoms with Gasteiger partial charge in [0.1, 0.15) is 17.3 Å². The summed E-state index contributed by atoms with van der Waals surface area (Å²) < 4.78 is 23.8. The van der Waals surface area contributed by atoms with E-state index in [2.05, 4.69) is 16.0 Å². The van der Waals surface area contributed by atoms with Crippen molar-refractivity contribution in [1.29, 1.82) is 0 Å². The smallest absolute Gasteiger partial charge is 0.231 e. The Morgan fingerprint density at radius 1 is 1.03 bits per heavy atom. The highest BCUT2D eigenvalue weighted by molar-refractivity contribution is 5.79. The minimum absolute atomic E-state index is 0.162. The summed E-state index contributed by atoms with van der Waals surface area (Å²) >= 11 is 0. The molecule has 0 radical (unpaired) electrons. The number of fused-ring (bicyclic) bond motifs is 1. The van der Waals surface area contributed by atoms with E-state index in [1.54, 1.807) is 6.20 Å². The average molecular weight is 449 g/mol. The zero-order chi connectivity index (χ0) is 22.8. The van der Waals surface area contributed by atoms with Gasteiger partial charge >= 0.3 is 0 Å². The lowest BCUT2D eigenvalue weighted by Crippen LogP contribution is -2.12. The number of ether oxygens (including phenoxy) is 4. The molecule has 2 heterocycles. The van der Waals surface area contributed by atoms with Crippen LogP contribution in [0, 0.1) is 0 Å². The SMILES string of the molecule is CCOc1cc(Cc2cnc(N)nc2N)cc(OC2CCCC2)c1-c1ccc2c(c1)OCO2. The number of aromatic nitrogens is 2. The lowest BCUT2D eigenvalue weighted by Gasteiger charge is -2.21. The van der Waals surface area contributed by atoms with E-state index in [9.17, 15) is 0 Å². The van der Waals surface area contributed by atoms with Crippen LogP contribution in [0.1, 0.15) is 43.7 Å². The van der Waals surface area contributed by atoms with Gasteiger partial charge < -0.3 is 30.4 Å². The zero-order valence-corrected chi connectivity index (χ0v) is 18.7. The second-order valence-corrected chi connectivity index (χ2v) is 8.31. The van der Waals surface area contributed by atoms with Crippen molar-refractivity contribution in [3.8, 4) is 34.1 Å². The van der Waals surface area contributed by atoms with Crippen molar-refractivity contribution in [3.05, 3.63) is 47.7 Å². The molecule has 1 aromatic heterocycles. The second kappa shape index (κ2) is 9.05. The lowest BCUT2D eigenvalue weighted by molar-refractivity contribution is 0.174. The van der Waals surface area contributed by atoms with Crippen LogP contribution >= 0.6 is 0 Å². The Kier molecular flexibility index (Phi) is 5.81. The van der Waals surface area contributed by atoms with E-state index in [0.29, 0.717) is 18.8 Å². The van der Waals surface area contributed by atoms with Gasteiger partial charge in [-0.05, 0) is 68.0 Å². The first kappa shape index (κ1) is 21.2. The fourth-order valence-electron chi connectivity index (χ4n) is 4.42. The Hall–Kier alpha value is -3.68. The second-order valence-electron chi connectivity index (χ2n) is 8.31. The predicted octanol–water partition coefficient (Wildman–Crippen LogP) is 4.35. The third-order valence-electron chi connectivity index (χ3n) is 5.99. The van der Waals surface area contributed by atoms with Crippen molar-refractivity contribution in [2.45, 2.75) is 45.1 Å². The van der Waals surface area contributed by atoms with Gasteiger partial charge in [0.25, 0.3) is 0 Å². The van der Waals surface area contributed by atoms with Crippen molar-refractivity contribution in [1.82, 2.24) is 9.97 Å². The number of nitrogens with zero attached hydrogens (tertiary/aromatic N) is 2.